The van der Waals surface area contributed by atoms with Crippen molar-refractivity contribution >= 4 is 17.4 Å². The third-order valence-electron chi connectivity index (χ3n) is 5.49. The minimum absolute atomic E-state index is 0.0543. The van der Waals surface area contributed by atoms with Gasteiger partial charge in [-0.3, -0.25) is 4.79 Å². The number of benzene rings is 2. The van der Waals surface area contributed by atoms with Gasteiger partial charge < -0.3 is 19.7 Å². The van der Waals surface area contributed by atoms with E-state index >= 15 is 0 Å². The molecule has 4 rings (SSSR count). The van der Waals surface area contributed by atoms with E-state index in [4.69, 9.17) is 9.47 Å². The van der Waals surface area contributed by atoms with E-state index in [0.29, 0.717) is 35.1 Å². The van der Waals surface area contributed by atoms with Crippen LogP contribution in [0.25, 0.3) is 11.4 Å². The second kappa shape index (κ2) is 9.64. The van der Waals surface area contributed by atoms with E-state index in [1.807, 2.05) is 6.07 Å². The Bertz CT molecular complexity index is 1110. The van der Waals surface area contributed by atoms with Gasteiger partial charge in [0.2, 0.25) is 5.91 Å². The standard InChI is InChI=1S/C24H25FN4O3/c1-31-20-9-8-19(14-21(20)32-2)27-24(30)17-6-4-12-29(15-17)22-10-11-26-23(28-22)16-5-3-7-18(25)13-16/h3,5,7-11,13-14,17H,4,6,12,15H2,1-2H3,(H,27,30). The highest BCUT2D eigenvalue weighted by molar-refractivity contribution is 5.93. The lowest BCUT2D eigenvalue weighted by Gasteiger charge is -2.33. The highest BCUT2D eigenvalue weighted by Crippen LogP contribution is 2.30. The van der Waals surface area contributed by atoms with E-state index in [1.54, 1.807) is 50.7 Å². The molecule has 2 aromatic carbocycles. The molecule has 32 heavy (non-hydrogen) atoms. The van der Waals surface area contributed by atoms with Crippen LogP contribution in [0.2, 0.25) is 0 Å². The number of anilines is 2. The predicted molar refractivity (Wildman–Crippen MR) is 121 cm³/mol. The van der Waals surface area contributed by atoms with Crippen LogP contribution in [0.15, 0.2) is 54.7 Å². The van der Waals surface area contributed by atoms with Crippen LogP contribution in [0.1, 0.15) is 12.8 Å². The van der Waals surface area contributed by atoms with Gasteiger partial charge in [-0.1, -0.05) is 12.1 Å². The van der Waals surface area contributed by atoms with Crippen LogP contribution in [0.5, 0.6) is 11.5 Å². The lowest BCUT2D eigenvalue weighted by molar-refractivity contribution is -0.120. The van der Waals surface area contributed by atoms with Crippen molar-refractivity contribution in [3.05, 3.63) is 60.5 Å². The molecule has 0 spiro atoms. The van der Waals surface area contributed by atoms with Crippen LogP contribution < -0.4 is 19.7 Å². The molecule has 2 heterocycles. The number of hydrogen-bond acceptors (Lipinski definition) is 6. The van der Waals surface area contributed by atoms with E-state index in [9.17, 15) is 9.18 Å². The van der Waals surface area contributed by atoms with Crippen molar-refractivity contribution in [2.75, 3.05) is 37.5 Å². The average Bonchev–Trinajstić information content (AvgIpc) is 2.84. The molecule has 0 radical (unpaired) electrons. The van der Waals surface area contributed by atoms with Gasteiger partial charge in [-0.15, -0.1) is 0 Å². The van der Waals surface area contributed by atoms with Gasteiger partial charge in [-0.25, -0.2) is 14.4 Å². The first-order valence-corrected chi connectivity index (χ1v) is 10.4. The number of methoxy groups -OCH3 is 2. The van der Waals surface area contributed by atoms with Gasteiger partial charge in [0.25, 0.3) is 0 Å². The van der Waals surface area contributed by atoms with Crippen LogP contribution in [-0.2, 0) is 4.79 Å². The molecular formula is C24H25FN4O3. The molecule has 1 aliphatic rings. The molecule has 1 unspecified atom stereocenters. The van der Waals surface area contributed by atoms with Crippen LogP contribution in [-0.4, -0.2) is 43.2 Å². The maximum absolute atomic E-state index is 13.6. The van der Waals surface area contributed by atoms with Crippen LogP contribution in [0.4, 0.5) is 15.9 Å². The number of carbonyl (C=O) groups excluding carboxylic acids is 1. The molecule has 1 saturated heterocycles. The Hall–Kier alpha value is -3.68. The maximum atomic E-state index is 13.6. The van der Waals surface area contributed by atoms with Crippen LogP contribution >= 0.6 is 0 Å². The van der Waals surface area contributed by atoms with E-state index < -0.39 is 0 Å². The first-order valence-electron chi connectivity index (χ1n) is 10.4. The summed E-state index contributed by atoms with van der Waals surface area (Å²) in [6, 6.07) is 13.3. The zero-order valence-electron chi connectivity index (χ0n) is 18.0. The lowest BCUT2D eigenvalue weighted by atomic mass is 9.97. The fraction of sp³-hybridized carbons (Fsp3) is 0.292. The summed E-state index contributed by atoms with van der Waals surface area (Å²) in [7, 11) is 3.13. The second-order valence-electron chi connectivity index (χ2n) is 7.59. The number of nitrogens with one attached hydrogen (secondary N) is 1. The largest absolute Gasteiger partial charge is 0.493 e. The number of carbonyl (C=O) groups is 1. The van der Waals surface area contributed by atoms with E-state index in [2.05, 4.69) is 20.2 Å². The van der Waals surface area contributed by atoms with Crippen molar-refractivity contribution in [3.8, 4) is 22.9 Å². The minimum Gasteiger partial charge on any atom is -0.493 e. The van der Waals surface area contributed by atoms with Gasteiger partial charge in [-0.2, -0.15) is 0 Å². The average molecular weight is 436 g/mol. The molecule has 8 heteroatoms. The molecule has 1 amide bonds. The van der Waals surface area contributed by atoms with E-state index in [0.717, 1.165) is 25.2 Å². The summed E-state index contributed by atoms with van der Waals surface area (Å²) in [5.74, 6) is 1.77. The third kappa shape index (κ3) is 4.80. The SMILES string of the molecule is COc1ccc(NC(=O)C2CCCN(c3ccnc(-c4cccc(F)c4)n3)C2)cc1OC. The highest BCUT2D eigenvalue weighted by atomic mass is 19.1. The van der Waals surface area contributed by atoms with Gasteiger partial charge >= 0.3 is 0 Å². The number of amides is 1. The second-order valence-corrected chi connectivity index (χ2v) is 7.59. The highest BCUT2D eigenvalue weighted by Gasteiger charge is 2.27. The number of piperidine rings is 1. The van der Waals surface area contributed by atoms with Crippen molar-refractivity contribution in [1.82, 2.24) is 9.97 Å². The Morgan fingerprint density at radius 2 is 1.97 bits per heavy atom. The van der Waals surface area contributed by atoms with Gasteiger partial charge in [0.1, 0.15) is 11.6 Å². The molecule has 166 valence electrons. The zero-order valence-corrected chi connectivity index (χ0v) is 18.0. The molecule has 1 aromatic heterocycles. The van der Waals surface area contributed by atoms with Gasteiger partial charge in [0.05, 0.1) is 20.1 Å². The summed E-state index contributed by atoms with van der Waals surface area (Å²) < 4.78 is 24.1. The summed E-state index contributed by atoms with van der Waals surface area (Å²) in [4.78, 5) is 23.9. The summed E-state index contributed by atoms with van der Waals surface area (Å²) in [6.07, 6.45) is 3.32. The Balaban J connectivity index is 1.47. The number of aromatic nitrogens is 2. The number of hydrogen-bond donors (Lipinski definition) is 1. The first-order chi connectivity index (χ1) is 15.6. The molecule has 1 atom stereocenters. The van der Waals surface area contributed by atoms with Gasteiger partial charge in [-0.05, 0) is 43.2 Å². The summed E-state index contributed by atoms with van der Waals surface area (Å²) in [5, 5.41) is 2.98. The smallest absolute Gasteiger partial charge is 0.229 e. The molecule has 1 fully saturated rings. The number of nitrogens with zero attached hydrogens (tertiary/aromatic N) is 3. The minimum atomic E-state index is -0.332. The number of halogens is 1. The van der Waals surface area contributed by atoms with Crippen molar-refractivity contribution in [2.45, 2.75) is 12.8 Å². The third-order valence-corrected chi connectivity index (χ3v) is 5.49. The van der Waals surface area contributed by atoms with Crippen LogP contribution in [0, 0.1) is 11.7 Å². The zero-order chi connectivity index (χ0) is 22.5. The first kappa shape index (κ1) is 21.5. The molecule has 0 bridgehead atoms. The molecular weight excluding hydrogens is 411 g/mol. The normalized spacial score (nSPS) is 15.8. The Kier molecular flexibility index (Phi) is 6.49. The van der Waals surface area contributed by atoms with Crippen LogP contribution in [0.3, 0.4) is 0 Å². The Morgan fingerprint density at radius 3 is 2.75 bits per heavy atom. The molecule has 0 saturated carbocycles. The van der Waals surface area contributed by atoms with Crippen molar-refractivity contribution in [2.24, 2.45) is 5.92 Å². The monoisotopic (exact) mass is 436 g/mol. The fourth-order valence-electron chi connectivity index (χ4n) is 3.85. The van der Waals surface area contributed by atoms with E-state index in [-0.39, 0.29) is 17.6 Å². The predicted octanol–water partition coefficient (Wildman–Crippen LogP) is 4.16. The Morgan fingerprint density at radius 1 is 1.12 bits per heavy atom. The maximum Gasteiger partial charge on any atom is 0.229 e. The number of ether oxygens (including phenoxy) is 2. The lowest BCUT2D eigenvalue weighted by Crippen LogP contribution is -2.41. The molecule has 0 aliphatic carbocycles. The topological polar surface area (TPSA) is 76.6 Å². The van der Waals surface area contributed by atoms with E-state index in [1.165, 1.54) is 12.1 Å². The fourth-order valence-corrected chi connectivity index (χ4v) is 3.85. The molecule has 3 aromatic rings. The number of rotatable bonds is 6. The molecule has 7 nitrogen and oxygen atoms in total. The Labute approximate surface area is 186 Å². The van der Waals surface area contributed by atoms with Crippen molar-refractivity contribution in [3.63, 3.8) is 0 Å². The van der Waals surface area contributed by atoms with Gasteiger partial charge in [0.15, 0.2) is 17.3 Å². The van der Waals surface area contributed by atoms with Crippen molar-refractivity contribution in [1.29, 1.82) is 0 Å². The summed E-state index contributed by atoms with van der Waals surface area (Å²) in [5.41, 5.74) is 1.27. The summed E-state index contributed by atoms with van der Waals surface area (Å²) >= 11 is 0. The summed E-state index contributed by atoms with van der Waals surface area (Å²) in [6.45, 7) is 1.33. The quantitative estimate of drug-likeness (QED) is 0.626. The molecule has 1 N–H and O–H groups in total. The molecule has 1 aliphatic heterocycles. The van der Waals surface area contributed by atoms with Crippen molar-refractivity contribution < 1.29 is 18.7 Å². The van der Waals surface area contributed by atoms with Gasteiger partial charge in [0, 0.05) is 36.6 Å².